The van der Waals surface area contributed by atoms with E-state index in [0.717, 1.165) is 24.1 Å². The quantitative estimate of drug-likeness (QED) is 0.758. The smallest absolute Gasteiger partial charge is 0.164 e. The van der Waals surface area contributed by atoms with Crippen LogP contribution < -0.4 is 0 Å². The molecule has 0 spiro atoms. The van der Waals surface area contributed by atoms with E-state index in [1.165, 1.54) is 31.4 Å². The number of aryl methyl sites for hydroxylation is 1. The largest absolute Gasteiger partial charge is 0.300 e. The Morgan fingerprint density at radius 1 is 1.28 bits per heavy atom. The first kappa shape index (κ1) is 11.9. The first-order valence-corrected chi connectivity index (χ1v) is 7.06. The molecule has 1 aliphatic heterocycles. The van der Waals surface area contributed by atoms with Gasteiger partial charge in [0, 0.05) is 31.1 Å². The Balaban J connectivity index is 1.54. The molecule has 2 aliphatic rings. The SMILES string of the molecule is Cc1ccc(C(=O)CCN2CC3CCC2C3)cc1. The maximum Gasteiger partial charge on any atom is 0.164 e. The van der Waals surface area contributed by atoms with Crippen molar-refractivity contribution in [3.63, 3.8) is 0 Å². The summed E-state index contributed by atoms with van der Waals surface area (Å²) in [5.74, 6) is 1.21. The van der Waals surface area contributed by atoms with E-state index in [4.69, 9.17) is 0 Å². The second kappa shape index (κ2) is 4.85. The van der Waals surface area contributed by atoms with E-state index in [-0.39, 0.29) is 5.78 Å². The van der Waals surface area contributed by atoms with Crippen LogP contribution in [-0.2, 0) is 0 Å². The van der Waals surface area contributed by atoms with Gasteiger partial charge in [0.2, 0.25) is 0 Å². The molecule has 1 heterocycles. The zero-order valence-corrected chi connectivity index (χ0v) is 11.1. The normalized spacial score (nSPS) is 26.7. The minimum absolute atomic E-state index is 0.290. The highest BCUT2D eigenvalue weighted by Crippen LogP contribution is 2.37. The molecule has 1 saturated heterocycles. The second-order valence-corrected chi connectivity index (χ2v) is 5.87. The van der Waals surface area contributed by atoms with Crippen molar-refractivity contribution in [2.45, 2.75) is 38.6 Å². The summed E-state index contributed by atoms with van der Waals surface area (Å²) in [7, 11) is 0. The molecule has 1 aromatic rings. The number of hydrogen-bond acceptors (Lipinski definition) is 2. The third-order valence-electron chi connectivity index (χ3n) is 4.52. The number of carbonyl (C=O) groups is 1. The van der Waals surface area contributed by atoms with E-state index in [9.17, 15) is 4.79 Å². The van der Waals surface area contributed by atoms with Gasteiger partial charge in [0.05, 0.1) is 0 Å². The maximum absolute atomic E-state index is 12.1. The van der Waals surface area contributed by atoms with Gasteiger partial charge in [0.15, 0.2) is 5.78 Å². The molecule has 1 aliphatic carbocycles. The van der Waals surface area contributed by atoms with Crippen LogP contribution in [0.5, 0.6) is 0 Å². The fourth-order valence-electron chi connectivity index (χ4n) is 3.43. The Labute approximate surface area is 109 Å². The Morgan fingerprint density at radius 2 is 2.06 bits per heavy atom. The zero-order chi connectivity index (χ0) is 12.5. The van der Waals surface area contributed by atoms with Crippen molar-refractivity contribution in [2.24, 2.45) is 5.92 Å². The number of hydrogen-bond donors (Lipinski definition) is 0. The summed E-state index contributed by atoms with van der Waals surface area (Å²) in [4.78, 5) is 14.6. The molecule has 2 nitrogen and oxygen atoms in total. The van der Waals surface area contributed by atoms with Gasteiger partial charge in [-0.1, -0.05) is 29.8 Å². The summed E-state index contributed by atoms with van der Waals surface area (Å²) in [6.07, 6.45) is 4.81. The van der Waals surface area contributed by atoms with Crippen molar-refractivity contribution in [2.75, 3.05) is 13.1 Å². The third-order valence-corrected chi connectivity index (χ3v) is 4.52. The van der Waals surface area contributed by atoms with Crippen LogP contribution in [0, 0.1) is 12.8 Å². The number of fused-ring (bicyclic) bond motifs is 2. The van der Waals surface area contributed by atoms with Crippen LogP contribution in [0.4, 0.5) is 0 Å². The van der Waals surface area contributed by atoms with Crippen molar-refractivity contribution in [1.82, 2.24) is 4.90 Å². The lowest BCUT2D eigenvalue weighted by molar-refractivity contribution is 0.0955. The molecule has 2 fully saturated rings. The Bertz CT molecular complexity index is 437. The fraction of sp³-hybridized carbons (Fsp3) is 0.562. The van der Waals surface area contributed by atoms with E-state index in [2.05, 4.69) is 11.8 Å². The van der Waals surface area contributed by atoms with Crippen LogP contribution in [0.3, 0.4) is 0 Å². The van der Waals surface area contributed by atoms with Gasteiger partial charge < -0.3 is 0 Å². The van der Waals surface area contributed by atoms with Gasteiger partial charge >= 0.3 is 0 Å². The van der Waals surface area contributed by atoms with Gasteiger partial charge in [-0.15, -0.1) is 0 Å². The number of piperidine rings is 1. The molecule has 0 aromatic heterocycles. The van der Waals surface area contributed by atoms with Crippen molar-refractivity contribution in [1.29, 1.82) is 0 Å². The summed E-state index contributed by atoms with van der Waals surface area (Å²) in [5.41, 5.74) is 2.08. The predicted molar refractivity (Wildman–Crippen MR) is 72.8 cm³/mol. The Morgan fingerprint density at radius 3 is 2.67 bits per heavy atom. The third kappa shape index (κ3) is 2.35. The average Bonchev–Trinajstić information content (AvgIpc) is 2.99. The maximum atomic E-state index is 12.1. The molecule has 1 aromatic carbocycles. The highest BCUT2D eigenvalue weighted by atomic mass is 16.1. The molecule has 0 N–H and O–H groups in total. The summed E-state index contributed by atoms with van der Waals surface area (Å²) >= 11 is 0. The molecule has 2 unspecified atom stereocenters. The van der Waals surface area contributed by atoms with Crippen LogP contribution in [0.25, 0.3) is 0 Å². The minimum Gasteiger partial charge on any atom is -0.300 e. The molecule has 0 amide bonds. The van der Waals surface area contributed by atoms with Crippen LogP contribution in [0.2, 0.25) is 0 Å². The Kier molecular flexibility index (Phi) is 3.21. The predicted octanol–water partition coefficient (Wildman–Crippen LogP) is 3.05. The lowest BCUT2D eigenvalue weighted by Crippen LogP contribution is -2.33. The second-order valence-electron chi connectivity index (χ2n) is 5.87. The van der Waals surface area contributed by atoms with Gasteiger partial charge in [-0.05, 0) is 32.1 Å². The first-order valence-electron chi connectivity index (χ1n) is 7.06. The summed E-state index contributed by atoms with van der Waals surface area (Å²) < 4.78 is 0. The van der Waals surface area contributed by atoms with Gasteiger partial charge in [0.25, 0.3) is 0 Å². The van der Waals surface area contributed by atoms with Gasteiger partial charge in [-0.3, -0.25) is 9.69 Å². The molecular formula is C16H21NO. The lowest BCUT2D eigenvalue weighted by Gasteiger charge is -2.26. The highest BCUT2D eigenvalue weighted by molar-refractivity contribution is 5.96. The van der Waals surface area contributed by atoms with Crippen LogP contribution in [0.1, 0.15) is 41.6 Å². The molecule has 96 valence electrons. The van der Waals surface area contributed by atoms with Crippen molar-refractivity contribution in [3.05, 3.63) is 35.4 Å². The number of Topliss-reactive ketones (excluding diaryl/α,β-unsaturated/α-hetero) is 1. The molecule has 2 bridgehead atoms. The van der Waals surface area contributed by atoms with Gasteiger partial charge in [-0.25, -0.2) is 0 Å². The fourth-order valence-corrected chi connectivity index (χ4v) is 3.43. The van der Waals surface area contributed by atoms with E-state index < -0.39 is 0 Å². The monoisotopic (exact) mass is 243 g/mol. The van der Waals surface area contributed by atoms with Gasteiger partial charge in [0.1, 0.15) is 0 Å². The van der Waals surface area contributed by atoms with E-state index in [1.807, 2.05) is 24.3 Å². The number of rotatable bonds is 4. The van der Waals surface area contributed by atoms with E-state index in [0.29, 0.717) is 6.42 Å². The van der Waals surface area contributed by atoms with E-state index in [1.54, 1.807) is 0 Å². The molecule has 3 rings (SSSR count). The van der Waals surface area contributed by atoms with Crippen molar-refractivity contribution in [3.8, 4) is 0 Å². The average molecular weight is 243 g/mol. The molecule has 1 saturated carbocycles. The first-order chi connectivity index (χ1) is 8.72. The van der Waals surface area contributed by atoms with Crippen molar-refractivity contribution < 1.29 is 4.79 Å². The minimum atomic E-state index is 0.290. The molecule has 2 atom stereocenters. The lowest BCUT2D eigenvalue weighted by atomic mass is 10.1. The Hall–Kier alpha value is -1.15. The number of benzene rings is 1. The topological polar surface area (TPSA) is 20.3 Å². The highest BCUT2D eigenvalue weighted by Gasteiger charge is 2.37. The molecule has 2 heteroatoms. The molecule has 18 heavy (non-hydrogen) atoms. The summed E-state index contributed by atoms with van der Waals surface area (Å²) in [6.45, 7) is 4.23. The molecule has 0 radical (unpaired) electrons. The van der Waals surface area contributed by atoms with E-state index >= 15 is 0 Å². The number of carbonyl (C=O) groups excluding carboxylic acids is 1. The molecular weight excluding hydrogens is 222 g/mol. The van der Waals surface area contributed by atoms with Crippen LogP contribution in [-0.4, -0.2) is 29.8 Å². The summed E-state index contributed by atoms with van der Waals surface area (Å²) in [5, 5.41) is 0. The summed E-state index contributed by atoms with van der Waals surface area (Å²) in [6, 6.07) is 8.72. The van der Waals surface area contributed by atoms with Crippen LogP contribution in [0.15, 0.2) is 24.3 Å². The van der Waals surface area contributed by atoms with Gasteiger partial charge in [-0.2, -0.15) is 0 Å². The van der Waals surface area contributed by atoms with Crippen LogP contribution >= 0.6 is 0 Å². The number of nitrogens with zero attached hydrogens (tertiary/aromatic N) is 1. The van der Waals surface area contributed by atoms with Crippen molar-refractivity contribution >= 4 is 5.78 Å². The number of likely N-dealkylation sites (tertiary alicyclic amines) is 1. The standard InChI is InChI=1S/C16H21NO/c1-12-2-5-14(6-3-12)16(18)8-9-17-11-13-4-7-15(17)10-13/h2-3,5-6,13,15H,4,7-11H2,1H3. The number of ketones is 1. The zero-order valence-electron chi connectivity index (χ0n) is 11.1.